The second-order valence-electron chi connectivity index (χ2n) is 3.92. The molecule has 2 rings (SSSR count). The fourth-order valence-corrected chi connectivity index (χ4v) is 2.51. The Hall–Kier alpha value is -5.25. The molecule has 0 spiro atoms. The van der Waals surface area contributed by atoms with Gasteiger partial charge >= 0.3 is 0 Å². The summed E-state index contributed by atoms with van der Waals surface area (Å²) in [6, 6.07) is 0. The van der Waals surface area contributed by atoms with Gasteiger partial charge in [0.1, 0.15) is 0 Å². The number of alkyl halides is 3. The Morgan fingerprint density at radius 2 is 1.50 bits per heavy atom. The van der Waals surface area contributed by atoms with Gasteiger partial charge in [-0.2, -0.15) is 17.8 Å². The standard InChI is InChI=1S/C9H11F3O.5Rf/c10-9(11,12)8(13)7-4-5-1-2-6(7)3-5;;;;;/h3,5-7,13H,1-2,4H2;;;;;/q-2;;;;;. The first-order valence-corrected chi connectivity index (χ1v) is 4.46. The number of aliphatic hydroxyl groups excluding tert-OH is 1. The summed E-state index contributed by atoms with van der Waals surface area (Å²) in [6.45, 7) is 0. The van der Waals surface area contributed by atoms with Gasteiger partial charge in [0.25, 0.3) is 6.18 Å². The zero-order valence-electron chi connectivity index (χ0n) is 10.5. The predicted molar refractivity (Wildman–Crippen MR) is 39.9 cm³/mol. The molecular weight excluding hydrogens is 1520 g/mol. The fourth-order valence-electron chi connectivity index (χ4n) is 2.51. The number of aliphatic hydroxyl groups is 1. The van der Waals surface area contributed by atoms with Gasteiger partial charge in [0.05, 0.1) is 0 Å². The molecule has 0 saturated heterocycles. The molecule has 18 heavy (non-hydrogen) atoms. The molecule has 0 amide bonds. The van der Waals surface area contributed by atoms with E-state index < -0.39 is 18.2 Å². The van der Waals surface area contributed by atoms with Crippen LogP contribution >= 0.6 is 0 Å². The van der Waals surface area contributed by atoms with E-state index in [1.165, 1.54) is 0 Å². The Morgan fingerprint density at radius 3 is 1.78 bits per heavy atom. The monoisotopic (exact) mass is 1530 g/mol. The van der Waals surface area contributed by atoms with E-state index in [9.17, 15) is 13.2 Å². The number of rotatable bonds is 1. The van der Waals surface area contributed by atoms with E-state index in [2.05, 4.69) is 0 Å². The summed E-state index contributed by atoms with van der Waals surface area (Å²) < 4.78 is 36.4. The second kappa shape index (κ2) is 4.84. The Kier molecular flexibility index (Phi) is 6.18. The maximum Gasteiger partial charge on any atom is 0.294 e. The minimum absolute atomic E-state index is 0. The van der Waals surface area contributed by atoms with Crippen molar-refractivity contribution in [1.82, 2.24) is 0 Å². The summed E-state index contributed by atoms with van der Waals surface area (Å²) >= 11 is 0. The average molecular weight is 1530 g/mol. The Labute approximate surface area is 74.9 Å². The van der Waals surface area contributed by atoms with Crippen molar-refractivity contribution in [3.63, 3.8) is 0 Å². The Balaban J connectivity index is -0.000000196. The maximum atomic E-state index is 12.1. The van der Waals surface area contributed by atoms with E-state index in [0.29, 0.717) is 12.3 Å². The minimum Gasteiger partial charge on any atom is -0.554 e. The third-order valence-corrected chi connectivity index (χ3v) is 3.11. The van der Waals surface area contributed by atoms with Crippen molar-refractivity contribution >= 4 is 0 Å². The van der Waals surface area contributed by atoms with Gasteiger partial charge in [-0.3, -0.25) is 0 Å². The molecule has 2 fully saturated rings. The first-order chi connectivity index (χ1) is 5.98. The Morgan fingerprint density at radius 1 is 1.00 bits per heavy atom. The molecule has 0 radical (unpaired) electrons. The van der Waals surface area contributed by atoms with E-state index in [4.69, 9.17) is 5.11 Å². The molecule has 1 nitrogen and oxygen atoms in total. The van der Waals surface area contributed by atoms with Crippen LogP contribution in [0.5, 0.6) is 0 Å². The number of hydrogen-bond donors (Lipinski definition) is 1. The molecule has 3 atom stereocenters. The summed E-state index contributed by atoms with van der Waals surface area (Å²) in [7, 11) is 0. The van der Waals surface area contributed by atoms with Crippen LogP contribution in [0.2, 0.25) is 0 Å². The van der Waals surface area contributed by atoms with Gasteiger partial charge in [0, 0.05) is 0 Å². The van der Waals surface area contributed by atoms with Crippen molar-refractivity contribution in [1.29, 1.82) is 0 Å². The summed E-state index contributed by atoms with van der Waals surface area (Å²) in [5.41, 5.74) is 0. The second-order valence-corrected chi connectivity index (χ2v) is 3.92. The van der Waals surface area contributed by atoms with Crippen molar-refractivity contribution in [2.24, 2.45) is 17.8 Å². The van der Waals surface area contributed by atoms with Crippen molar-refractivity contribution in [3.05, 3.63) is 12.5 Å². The molecule has 2 aliphatic rings. The largest absolute Gasteiger partial charge is 0.554 e. The first kappa shape index (κ1) is 23.0. The predicted octanol–water partition coefficient (Wildman–Crippen LogP) is 2.70. The molecule has 3 unspecified atom stereocenters. The van der Waals surface area contributed by atoms with Crippen molar-refractivity contribution in [3.8, 4) is 0 Å². The van der Waals surface area contributed by atoms with E-state index in [1.807, 2.05) is 6.42 Å². The molecule has 0 aromatic carbocycles. The average Bonchev–Trinajstić information content (AvgIpc) is 2.60. The van der Waals surface area contributed by atoms with Crippen LogP contribution in [0.25, 0.3) is 0 Å². The molecular formula is C9H11F3ORf5-2. The number of hydrogen-bond acceptors (Lipinski definition) is 1. The topological polar surface area (TPSA) is 20.2 Å². The normalized spacial score (nSPS) is 28.2. The zero-order chi connectivity index (χ0) is 9.64. The van der Waals surface area contributed by atoms with Gasteiger partial charge in [0.15, 0.2) is 0 Å². The maximum absolute atomic E-state index is 12.1. The van der Waals surface area contributed by atoms with Gasteiger partial charge in [0.2, 0.25) is 0 Å². The van der Waals surface area contributed by atoms with Crippen LogP contribution in [0, 0.1) is 30.3 Å². The van der Waals surface area contributed by atoms with Gasteiger partial charge < -0.3 is 11.5 Å². The van der Waals surface area contributed by atoms with Gasteiger partial charge in [-0.1, -0.05) is 18.9 Å². The molecule has 0 heterocycles. The summed E-state index contributed by atoms with van der Waals surface area (Å²) in [5, 5.41) is 8.98. The van der Waals surface area contributed by atoms with Crippen LogP contribution in [0.15, 0.2) is 0 Å². The SMILES string of the molecule is O[C-](C1CC2[CH-]C1CC2)C(F)(F)F.[Rf].[Rf].[Rf].[Rf].[Rf]. The summed E-state index contributed by atoms with van der Waals surface area (Å²) in [6.07, 6.45) is -1.55. The van der Waals surface area contributed by atoms with Crippen molar-refractivity contribution in [2.45, 2.75) is 25.4 Å². The van der Waals surface area contributed by atoms with Crippen LogP contribution in [0.1, 0.15) is 19.3 Å². The quantitative estimate of drug-likeness (QED) is 0.402. The third-order valence-electron chi connectivity index (χ3n) is 3.11. The molecule has 86 valence electrons. The van der Waals surface area contributed by atoms with Crippen LogP contribution in [-0.2, 0) is 0 Å². The Bertz CT molecular complexity index is 217. The smallest absolute Gasteiger partial charge is 0.294 e. The molecule has 0 aliphatic heterocycles. The van der Waals surface area contributed by atoms with E-state index >= 15 is 0 Å². The molecule has 9 heteroatoms. The van der Waals surface area contributed by atoms with Crippen molar-refractivity contribution in [2.75, 3.05) is 0 Å². The van der Waals surface area contributed by atoms with Crippen LogP contribution in [0.4, 0.5) is 13.2 Å². The van der Waals surface area contributed by atoms with Gasteiger partial charge in [-0.05, 0) is 0 Å². The summed E-state index contributed by atoms with van der Waals surface area (Å²) in [4.78, 5) is 0. The van der Waals surface area contributed by atoms with Gasteiger partial charge in [-0.25, -0.2) is 13.2 Å². The zero-order valence-corrected chi connectivity index (χ0v) is 42.5. The number of fused-ring (bicyclic) bond motifs is 2. The van der Waals surface area contributed by atoms with E-state index in [0.717, 1.165) is 12.8 Å². The summed E-state index contributed by atoms with van der Waals surface area (Å²) in [5.74, 6) is -0.384. The van der Waals surface area contributed by atoms with Crippen molar-refractivity contribution < 1.29 is 18.3 Å². The van der Waals surface area contributed by atoms with Crippen LogP contribution in [-0.4, -0.2) is 11.3 Å². The molecule has 2 saturated carbocycles. The molecule has 2 bridgehead atoms. The first-order valence-electron chi connectivity index (χ1n) is 4.46. The molecule has 2 aliphatic carbocycles. The van der Waals surface area contributed by atoms with E-state index in [-0.39, 0.29) is 5.92 Å². The molecule has 0 aromatic heterocycles. The third kappa shape index (κ3) is 2.16. The molecule has 1 N–H and O–H groups in total. The van der Waals surface area contributed by atoms with Gasteiger partial charge in [-0.15, -0.1) is 6.42 Å². The van der Waals surface area contributed by atoms with Crippen LogP contribution in [0.3, 0.4) is 0 Å². The minimum atomic E-state index is -4.52. The number of halogens is 3. The van der Waals surface area contributed by atoms with E-state index in [1.54, 1.807) is 0 Å². The molecule has 0 aromatic rings. The fraction of sp³-hybridized carbons (Fsp3) is 0.778. The van der Waals surface area contributed by atoms with Crippen LogP contribution < -0.4 is 0 Å².